The van der Waals surface area contributed by atoms with Crippen molar-refractivity contribution < 1.29 is 9.59 Å². The van der Waals surface area contributed by atoms with E-state index in [0.717, 1.165) is 12.0 Å². The lowest BCUT2D eigenvalue weighted by Crippen LogP contribution is -2.63. The Balaban J connectivity index is 2.36. The second kappa shape index (κ2) is 4.80. The molecule has 1 aliphatic heterocycles. The number of benzene rings is 1. The second-order valence-electron chi connectivity index (χ2n) is 4.77. The molecule has 2 rings (SSSR count). The maximum Gasteiger partial charge on any atom is 0.253 e. The van der Waals surface area contributed by atoms with Gasteiger partial charge in [-0.15, -0.1) is 0 Å². The molecule has 0 radical (unpaired) electrons. The van der Waals surface area contributed by atoms with Gasteiger partial charge in [0, 0.05) is 6.54 Å². The van der Waals surface area contributed by atoms with E-state index in [0.29, 0.717) is 6.54 Å². The van der Waals surface area contributed by atoms with E-state index in [9.17, 15) is 9.59 Å². The number of piperazine rings is 1. The topological polar surface area (TPSA) is 49.4 Å². The number of carbonyl (C=O) groups is 2. The second-order valence-corrected chi connectivity index (χ2v) is 4.77. The summed E-state index contributed by atoms with van der Waals surface area (Å²) in [5, 5.41) is 2.82. The minimum absolute atomic E-state index is 0.0323. The van der Waals surface area contributed by atoms with Crippen LogP contribution in [0.25, 0.3) is 0 Å². The molecule has 4 heteroatoms. The van der Waals surface area contributed by atoms with Crippen LogP contribution in [0.3, 0.4) is 0 Å². The maximum atomic E-state index is 12.5. The van der Waals surface area contributed by atoms with E-state index in [-0.39, 0.29) is 18.4 Å². The standard InChI is InChI=1S/C14H18N2O2/c1-3-9-16-10-12(17)15-14(2,13(16)18)11-7-5-4-6-8-11/h4-8H,3,9-10H2,1-2H3,(H,15,17). The first kappa shape index (κ1) is 12.6. The molecule has 1 fully saturated rings. The molecule has 1 aliphatic rings. The van der Waals surface area contributed by atoms with E-state index < -0.39 is 5.54 Å². The van der Waals surface area contributed by atoms with Gasteiger partial charge in [0.1, 0.15) is 5.54 Å². The first-order chi connectivity index (χ1) is 8.58. The Labute approximate surface area is 107 Å². The maximum absolute atomic E-state index is 12.5. The molecule has 1 unspecified atom stereocenters. The van der Waals surface area contributed by atoms with E-state index in [4.69, 9.17) is 0 Å². The van der Waals surface area contributed by atoms with Crippen molar-refractivity contribution in [2.24, 2.45) is 0 Å². The Bertz CT molecular complexity index is 458. The zero-order valence-corrected chi connectivity index (χ0v) is 10.8. The number of hydrogen-bond donors (Lipinski definition) is 1. The Morgan fingerprint density at radius 3 is 2.56 bits per heavy atom. The van der Waals surface area contributed by atoms with E-state index in [1.165, 1.54) is 0 Å². The Morgan fingerprint density at radius 1 is 1.28 bits per heavy atom. The van der Waals surface area contributed by atoms with Crippen molar-refractivity contribution in [2.75, 3.05) is 13.1 Å². The first-order valence-corrected chi connectivity index (χ1v) is 6.24. The molecule has 0 spiro atoms. The highest BCUT2D eigenvalue weighted by Gasteiger charge is 2.43. The summed E-state index contributed by atoms with van der Waals surface area (Å²) in [6, 6.07) is 9.38. The lowest BCUT2D eigenvalue weighted by molar-refractivity contribution is -0.149. The molecular weight excluding hydrogens is 228 g/mol. The Morgan fingerprint density at radius 2 is 1.94 bits per heavy atom. The number of hydrogen-bond acceptors (Lipinski definition) is 2. The largest absolute Gasteiger partial charge is 0.337 e. The molecule has 1 aromatic rings. The van der Waals surface area contributed by atoms with E-state index in [1.54, 1.807) is 11.8 Å². The highest BCUT2D eigenvalue weighted by atomic mass is 16.2. The SMILES string of the molecule is CCCN1CC(=O)NC(C)(c2ccccc2)C1=O. The smallest absolute Gasteiger partial charge is 0.253 e. The van der Waals surface area contributed by atoms with Crippen LogP contribution in [0, 0.1) is 0 Å². The summed E-state index contributed by atoms with van der Waals surface area (Å²) in [5.74, 6) is -0.135. The summed E-state index contributed by atoms with van der Waals surface area (Å²) in [5.41, 5.74) is -0.115. The van der Waals surface area contributed by atoms with Gasteiger partial charge in [0.2, 0.25) is 5.91 Å². The number of rotatable bonds is 3. The monoisotopic (exact) mass is 246 g/mol. The molecule has 18 heavy (non-hydrogen) atoms. The van der Waals surface area contributed by atoms with Crippen molar-refractivity contribution in [2.45, 2.75) is 25.8 Å². The highest BCUT2D eigenvalue weighted by molar-refractivity contribution is 5.98. The van der Waals surface area contributed by atoms with E-state index >= 15 is 0 Å². The number of nitrogens with zero attached hydrogens (tertiary/aromatic N) is 1. The van der Waals surface area contributed by atoms with Gasteiger partial charge in [-0.25, -0.2) is 0 Å². The lowest BCUT2D eigenvalue weighted by atomic mass is 9.88. The zero-order chi connectivity index (χ0) is 13.2. The van der Waals surface area contributed by atoms with E-state index in [2.05, 4.69) is 5.32 Å². The fourth-order valence-electron chi connectivity index (χ4n) is 2.35. The normalized spacial score (nSPS) is 24.0. The van der Waals surface area contributed by atoms with Crippen LogP contribution in [-0.4, -0.2) is 29.8 Å². The Kier molecular flexibility index (Phi) is 3.36. The molecule has 1 N–H and O–H groups in total. The van der Waals surface area contributed by atoms with Gasteiger partial charge in [-0.05, 0) is 18.9 Å². The van der Waals surface area contributed by atoms with Crippen LogP contribution in [0.4, 0.5) is 0 Å². The molecule has 4 nitrogen and oxygen atoms in total. The average Bonchev–Trinajstić information content (AvgIpc) is 2.37. The van der Waals surface area contributed by atoms with Gasteiger partial charge in [-0.2, -0.15) is 0 Å². The molecule has 96 valence electrons. The van der Waals surface area contributed by atoms with Crippen LogP contribution in [0.1, 0.15) is 25.8 Å². The van der Waals surface area contributed by atoms with Crippen molar-refractivity contribution in [3.63, 3.8) is 0 Å². The fourth-order valence-corrected chi connectivity index (χ4v) is 2.35. The van der Waals surface area contributed by atoms with Crippen LogP contribution in [0.2, 0.25) is 0 Å². The van der Waals surface area contributed by atoms with Gasteiger partial charge in [-0.1, -0.05) is 37.3 Å². The minimum Gasteiger partial charge on any atom is -0.337 e. The van der Waals surface area contributed by atoms with Crippen molar-refractivity contribution in [1.29, 1.82) is 0 Å². The summed E-state index contributed by atoms with van der Waals surface area (Å²) < 4.78 is 0. The van der Waals surface area contributed by atoms with Crippen molar-refractivity contribution >= 4 is 11.8 Å². The summed E-state index contributed by atoms with van der Waals surface area (Å²) in [7, 11) is 0. The zero-order valence-electron chi connectivity index (χ0n) is 10.8. The molecular formula is C14H18N2O2. The fraction of sp³-hybridized carbons (Fsp3) is 0.429. The van der Waals surface area contributed by atoms with Crippen LogP contribution in [0.15, 0.2) is 30.3 Å². The van der Waals surface area contributed by atoms with Crippen LogP contribution >= 0.6 is 0 Å². The summed E-state index contributed by atoms with van der Waals surface area (Å²) in [6.45, 7) is 4.55. The average molecular weight is 246 g/mol. The molecule has 1 atom stereocenters. The minimum atomic E-state index is -0.939. The van der Waals surface area contributed by atoms with Gasteiger partial charge in [0.25, 0.3) is 5.91 Å². The molecule has 0 aliphatic carbocycles. The third-order valence-corrected chi connectivity index (χ3v) is 3.28. The quantitative estimate of drug-likeness (QED) is 0.873. The summed E-state index contributed by atoms with van der Waals surface area (Å²) in [6.07, 6.45) is 0.851. The van der Waals surface area contributed by atoms with Crippen molar-refractivity contribution in [1.82, 2.24) is 10.2 Å². The molecule has 0 saturated carbocycles. The van der Waals surface area contributed by atoms with Crippen LogP contribution in [0.5, 0.6) is 0 Å². The Hall–Kier alpha value is -1.84. The predicted molar refractivity (Wildman–Crippen MR) is 68.8 cm³/mol. The number of carbonyl (C=O) groups excluding carboxylic acids is 2. The molecule has 1 heterocycles. The third-order valence-electron chi connectivity index (χ3n) is 3.28. The third kappa shape index (κ3) is 2.10. The molecule has 0 bridgehead atoms. The molecule has 1 aromatic carbocycles. The van der Waals surface area contributed by atoms with Gasteiger partial charge in [0.05, 0.1) is 6.54 Å². The lowest BCUT2D eigenvalue weighted by Gasteiger charge is -2.40. The summed E-state index contributed by atoms with van der Waals surface area (Å²) >= 11 is 0. The van der Waals surface area contributed by atoms with Gasteiger partial charge >= 0.3 is 0 Å². The highest BCUT2D eigenvalue weighted by Crippen LogP contribution is 2.26. The first-order valence-electron chi connectivity index (χ1n) is 6.24. The van der Waals surface area contributed by atoms with Crippen LogP contribution in [-0.2, 0) is 15.1 Å². The van der Waals surface area contributed by atoms with Gasteiger partial charge in [0.15, 0.2) is 0 Å². The van der Waals surface area contributed by atoms with Crippen LogP contribution < -0.4 is 5.32 Å². The molecule has 1 saturated heterocycles. The predicted octanol–water partition coefficient (Wildman–Crippen LogP) is 1.27. The summed E-state index contributed by atoms with van der Waals surface area (Å²) in [4.78, 5) is 25.9. The van der Waals surface area contributed by atoms with Gasteiger partial charge < -0.3 is 10.2 Å². The molecule has 0 aromatic heterocycles. The van der Waals surface area contributed by atoms with Crippen molar-refractivity contribution in [3.05, 3.63) is 35.9 Å². The van der Waals surface area contributed by atoms with Gasteiger partial charge in [-0.3, -0.25) is 9.59 Å². The van der Waals surface area contributed by atoms with Crippen molar-refractivity contribution in [3.8, 4) is 0 Å². The molecule has 2 amide bonds. The van der Waals surface area contributed by atoms with E-state index in [1.807, 2.05) is 37.3 Å². The number of nitrogens with one attached hydrogen (secondary N) is 1. The number of amides is 2.